The van der Waals surface area contributed by atoms with Gasteiger partial charge in [-0.2, -0.15) is 0 Å². The molecule has 124 valence electrons. The lowest BCUT2D eigenvalue weighted by Gasteiger charge is -2.17. The van der Waals surface area contributed by atoms with Crippen LogP contribution in [0.5, 0.6) is 0 Å². The zero-order valence-electron chi connectivity index (χ0n) is 12.5. The van der Waals surface area contributed by atoms with Crippen LogP contribution in [0.1, 0.15) is 24.4 Å². The average Bonchev–Trinajstić information content (AvgIpc) is 3.01. The Morgan fingerprint density at radius 3 is 2.96 bits per heavy atom. The van der Waals surface area contributed by atoms with E-state index in [1.54, 1.807) is 17.0 Å². The minimum Gasteiger partial charge on any atom is -0.394 e. The number of hydrogen-bond acceptors (Lipinski definition) is 4. The number of halogens is 2. The first kappa shape index (κ1) is 17.2. The van der Waals surface area contributed by atoms with Gasteiger partial charge in [-0.3, -0.25) is 0 Å². The van der Waals surface area contributed by atoms with E-state index in [0.29, 0.717) is 17.9 Å². The fraction of sp³-hybridized carbons (Fsp3) is 0.357. The Morgan fingerprint density at radius 1 is 1.52 bits per heavy atom. The normalized spacial score (nSPS) is 12.0. The van der Waals surface area contributed by atoms with Crippen LogP contribution in [0, 0.1) is 5.82 Å². The maximum Gasteiger partial charge on any atom is 0.315 e. The third kappa shape index (κ3) is 4.40. The van der Waals surface area contributed by atoms with Gasteiger partial charge in [-0.05, 0) is 24.6 Å². The summed E-state index contributed by atoms with van der Waals surface area (Å²) in [5.74, 6) is 0.00149. The van der Waals surface area contributed by atoms with Gasteiger partial charge in [0.15, 0.2) is 5.82 Å². The predicted molar refractivity (Wildman–Crippen MR) is 82.3 cm³/mol. The van der Waals surface area contributed by atoms with Crippen molar-refractivity contribution in [2.75, 3.05) is 6.61 Å². The SMILES string of the molecule is CCn1cnnc1CNC(=O)NC(CO)c1ccc(Cl)c(F)c1. The highest BCUT2D eigenvalue weighted by molar-refractivity contribution is 6.30. The minimum absolute atomic E-state index is 0.0196. The molecule has 1 heterocycles. The molecular formula is C14H17ClFN5O2. The van der Waals surface area contributed by atoms with Crippen LogP contribution in [0.2, 0.25) is 5.02 Å². The highest BCUT2D eigenvalue weighted by atomic mass is 35.5. The molecule has 0 saturated heterocycles. The van der Waals surface area contributed by atoms with E-state index in [2.05, 4.69) is 20.8 Å². The van der Waals surface area contributed by atoms with Gasteiger partial charge in [0.2, 0.25) is 0 Å². The van der Waals surface area contributed by atoms with Crippen molar-refractivity contribution in [1.82, 2.24) is 25.4 Å². The van der Waals surface area contributed by atoms with E-state index >= 15 is 0 Å². The molecule has 9 heteroatoms. The van der Waals surface area contributed by atoms with Crippen LogP contribution in [0.25, 0.3) is 0 Å². The topological polar surface area (TPSA) is 92.1 Å². The highest BCUT2D eigenvalue weighted by Gasteiger charge is 2.15. The van der Waals surface area contributed by atoms with E-state index in [9.17, 15) is 14.3 Å². The molecule has 1 aromatic carbocycles. The lowest BCUT2D eigenvalue weighted by Crippen LogP contribution is -2.39. The van der Waals surface area contributed by atoms with Crippen LogP contribution in [0.15, 0.2) is 24.5 Å². The molecule has 1 aromatic heterocycles. The molecule has 0 aliphatic carbocycles. The van der Waals surface area contributed by atoms with Crippen molar-refractivity contribution >= 4 is 17.6 Å². The average molecular weight is 342 g/mol. The van der Waals surface area contributed by atoms with Gasteiger partial charge in [0, 0.05) is 6.54 Å². The van der Waals surface area contributed by atoms with E-state index in [-0.39, 0.29) is 18.2 Å². The van der Waals surface area contributed by atoms with E-state index < -0.39 is 17.9 Å². The fourth-order valence-corrected chi connectivity index (χ4v) is 2.13. The zero-order valence-corrected chi connectivity index (χ0v) is 13.2. The summed E-state index contributed by atoms with van der Waals surface area (Å²) in [4.78, 5) is 11.9. The molecule has 2 aromatic rings. The molecule has 23 heavy (non-hydrogen) atoms. The number of aryl methyl sites for hydroxylation is 1. The second-order valence-electron chi connectivity index (χ2n) is 4.77. The molecule has 0 aliphatic rings. The monoisotopic (exact) mass is 341 g/mol. The third-order valence-corrected chi connectivity index (χ3v) is 3.58. The number of carbonyl (C=O) groups is 1. The fourth-order valence-electron chi connectivity index (χ4n) is 2.01. The van der Waals surface area contributed by atoms with Gasteiger partial charge in [-0.15, -0.1) is 10.2 Å². The van der Waals surface area contributed by atoms with E-state index in [1.165, 1.54) is 12.1 Å². The Labute approximate surface area is 137 Å². The van der Waals surface area contributed by atoms with E-state index in [1.807, 2.05) is 6.92 Å². The molecule has 7 nitrogen and oxygen atoms in total. The quantitative estimate of drug-likeness (QED) is 0.744. The first-order chi connectivity index (χ1) is 11.0. The van der Waals surface area contributed by atoms with Crippen LogP contribution in [-0.2, 0) is 13.1 Å². The summed E-state index contributed by atoms with van der Waals surface area (Å²) >= 11 is 5.62. The van der Waals surface area contributed by atoms with Gasteiger partial charge < -0.3 is 20.3 Å². The molecule has 0 bridgehead atoms. The van der Waals surface area contributed by atoms with Crippen molar-refractivity contribution < 1.29 is 14.3 Å². The van der Waals surface area contributed by atoms with Gasteiger partial charge >= 0.3 is 6.03 Å². The number of aliphatic hydroxyl groups excluding tert-OH is 1. The molecule has 2 rings (SSSR count). The number of nitrogens with zero attached hydrogens (tertiary/aromatic N) is 3. The minimum atomic E-state index is -0.745. The second kappa shape index (κ2) is 7.89. The highest BCUT2D eigenvalue weighted by Crippen LogP contribution is 2.20. The lowest BCUT2D eigenvalue weighted by atomic mass is 10.1. The first-order valence-corrected chi connectivity index (χ1v) is 7.39. The number of aliphatic hydroxyl groups is 1. The smallest absolute Gasteiger partial charge is 0.315 e. The number of amides is 2. The number of benzene rings is 1. The van der Waals surface area contributed by atoms with Crippen molar-refractivity contribution in [1.29, 1.82) is 0 Å². The Bertz CT molecular complexity index is 679. The van der Waals surface area contributed by atoms with Crippen molar-refractivity contribution in [2.45, 2.75) is 26.1 Å². The van der Waals surface area contributed by atoms with Crippen molar-refractivity contribution in [2.24, 2.45) is 0 Å². The van der Waals surface area contributed by atoms with Crippen molar-refractivity contribution in [3.8, 4) is 0 Å². The molecule has 0 aliphatic heterocycles. The Kier molecular flexibility index (Phi) is 5.89. The molecule has 0 radical (unpaired) electrons. The molecule has 2 amide bonds. The van der Waals surface area contributed by atoms with Crippen LogP contribution < -0.4 is 10.6 Å². The number of rotatable bonds is 6. The number of carbonyl (C=O) groups excluding carboxylic acids is 1. The van der Waals surface area contributed by atoms with Crippen LogP contribution in [0.3, 0.4) is 0 Å². The maximum atomic E-state index is 13.5. The van der Waals surface area contributed by atoms with Gasteiger partial charge in [0.05, 0.1) is 24.2 Å². The second-order valence-corrected chi connectivity index (χ2v) is 5.18. The van der Waals surface area contributed by atoms with Crippen LogP contribution >= 0.6 is 11.6 Å². The van der Waals surface area contributed by atoms with Gasteiger partial charge in [-0.1, -0.05) is 17.7 Å². The van der Waals surface area contributed by atoms with Gasteiger partial charge in [0.25, 0.3) is 0 Å². The Balaban J connectivity index is 1.95. The lowest BCUT2D eigenvalue weighted by molar-refractivity contribution is 0.216. The van der Waals surface area contributed by atoms with E-state index in [0.717, 1.165) is 0 Å². The zero-order chi connectivity index (χ0) is 16.8. The van der Waals surface area contributed by atoms with Gasteiger partial charge in [-0.25, -0.2) is 9.18 Å². The summed E-state index contributed by atoms with van der Waals surface area (Å²) in [5.41, 5.74) is 0.418. The third-order valence-electron chi connectivity index (χ3n) is 3.28. The number of aromatic nitrogens is 3. The molecule has 3 N–H and O–H groups in total. The van der Waals surface area contributed by atoms with Crippen molar-refractivity contribution in [3.05, 3.63) is 46.8 Å². The molecular weight excluding hydrogens is 325 g/mol. The summed E-state index contributed by atoms with van der Waals surface area (Å²) in [6.45, 7) is 2.44. The van der Waals surface area contributed by atoms with E-state index in [4.69, 9.17) is 11.6 Å². The summed E-state index contributed by atoms with van der Waals surface area (Å²) < 4.78 is 15.3. The molecule has 1 atom stereocenters. The Hall–Kier alpha value is -2.19. The number of nitrogens with one attached hydrogen (secondary N) is 2. The predicted octanol–water partition coefficient (Wildman–Crippen LogP) is 1.62. The summed E-state index contributed by atoms with van der Waals surface area (Å²) in [7, 11) is 0. The standard InChI is InChI=1S/C14H17ClFN5O2/c1-2-21-8-18-20-13(21)6-17-14(23)19-12(7-22)9-3-4-10(15)11(16)5-9/h3-5,8,12,22H,2,6-7H2,1H3,(H2,17,19,23). The van der Waals surface area contributed by atoms with Crippen LogP contribution in [-0.4, -0.2) is 32.5 Å². The largest absolute Gasteiger partial charge is 0.394 e. The van der Waals surface area contributed by atoms with Crippen molar-refractivity contribution in [3.63, 3.8) is 0 Å². The summed E-state index contributed by atoms with van der Waals surface area (Å²) in [5, 5.41) is 22.2. The van der Waals surface area contributed by atoms with Crippen LogP contribution in [0.4, 0.5) is 9.18 Å². The Morgan fingerprint density at radius 2 is 2.30 bits per heavy atom. The molecule has 0 saturated carbocycles. The summed E-state index contributed by atoms with van der Waals surface area (Å²) in [6, 6.07) is 2.84. The number of urea groups is 1. The summed E-state index contributed by atoms with van der Waals surface area (Å²) in [6.07, 6.45) is 1.57. The molecule has 1 unspecified atom stereocenters. The molecule has 0 spiro atoms. The number of hydrogen-bond donors (Lipinski definition) is 3. The van der Waals surface area contributed by atoms with Gasteiger partial charge in [0.1, 0.15) is 12.1 Å². The maximum absolute atomic E-state index is 13.5. The first-order valence-electron chi connectivity index (χ1n) is 7.02. The molecule has 0 fully saturated rings.